The van der Waals surface area contributed by atoms with Crippen LogP contribution < -0.4 is 11.3 Å². The summed E-state index contributed by atoms with van der Waals surface area (Å²) in [7, 11) is 0. The summed E-state index contributed by atoms with van der Waals surface area (Å²) in [6.07, 6.45) is -3.14. The van der Waals surface area contributed by atoms with Crippen molar-refractivity contribution in [2.75, 3.05) is 0 Å². The number of benzene rings is 1. The average molecular weight is 331 g/mol. The lowest BCUT2D eigenvalue weighted by Crippen LogP contribution is -2.29. The second-order valence-corrected chi connectivity index (χ2v) is 5.00. The van der Waals surface area contributed by atoms with Crippen LogP contribution in [0, 0.1) is 0 Å². The zero-order chi connectivity index (χ0) is 16.5. The second-order valence-electron chi connectivity index (χ2n) is 4.56. The zero-order valence-electron chi connectivity index (χ0n) is 11.0. The Balaban J connectivity index is 2.35. The van der Waals surface area contributed by atoms with E-state index in [1.165, 1.54) is 18.3 Å². The van der Waals surface area contributed by atoms with Crippen molar-refractivity contribution in [1.82, 2.24) is 4.57 Å². The summed E-state index contributed by atoms with van der Waals surface area (Å²) >= 11 is 5.80. The standard InChI is InChI=1S/C14H10ClF3N2O2/c15-10-5-11(12(19)21)13(22)20(7-10)6-8-1-3-9(4-2-8)14(16,17)18/h1-5,7H,6H2,(H2,19,21). The minimum absolute atomic E-state index is 0.0299. The van der Waals surface area contributed by atoms with Crippen LogP contribution >= 0.6 is 11.6 Å². The Bertz CT molecular complexity index is 767. The number of carbonyl (C=O) groups is 1. The van der Waals surface area contributed by atoms with E-state index in [0.29, 0.717) is 5.56 Å². The third-order valence-electron chi connectivity index (χ3n) is 2.95. The molecule has 0 aliphatic rings. The molecule has 0 saturated carbocycles. The quantitative estimate of drug-likeness (QED) is 0.940. The van der Waals surface area contributed by atoms with Crippen LogP contribution in [0.3, 0.4) is 0 Å². The number of nitrogens with two attached hydrogens (primary N) is 1. The molecule has 0 fully saturated rings. The van der Waals surface area contributed by atoms with Crippen molar-refractivity contribution in [3.8, 4) is 0 Å². The number of aromatic nitrogens is 1. The molecule has 0 aliphatic carbocycles. The van der Waals surface area contributed by atoms with Gasteiger partial charge in [0.1, 0.15) is 5.56 Å². The number of rotatable bonds is 3. The highest BCUT2D eigenvalue weighted by molar-refractivity contribution is 6.30. The molecule has 0 radical (unpaired) electrons. The molecule has 1 aromatic heterocycles. The van der Waals surface area contributed by atoms with Gasteiger partial charge in [-0.25, -0.2) is 0 Å². The molecular weight excluding hydrogens is 321 g/mol. The lowest BCUT2D eigenvalue weighted by Gasteiger charge is -2.10. The van der Waals surface area contributed by atoms with Crippen molar-refractivity contribution in [3.05, 3.63) is 68.6 Å². The minimum Gasteiger partial charge on any atom is -0.365 e. The summed E-state index contributed by atoms with van der Waals surface area (Å²) in [6, 6.07) is 5.48. The van der Waals surface area contributed by atoms with Gasteiger partial charge in [0.15, 0.2) is 0 Å². The van der Waals surface area contributed by atoms with Crippen LogP contribution in [0.4, 0.5) is 13.2 Å². The van der Waals surface area contributed by atoms with Crippen LogP contribution in [0.2, 0.25) is 5.02 Å². The van der Waals surface area contributed by atoms with Crippen LogP contribution in [-0.2, 0) is 12.7 Å². The highest BCUT2D eigenvalue weighted by Crippen LogP contribution is 2.29. The molecule has 22 heavy (non-hydrogen) atoms. The summed E-state index contributed by atoms with van der Waals surface area (Å²) in [5, 5.41) is 0.125. The number of hydrogen-bond acceptors (Lipinski definition) is 2. The molecule has 2 rings (SSSR count). The minimum atomic E-state index is -4.43. The van der Waals surface area contributed by atoms with Crippen molar-refractivity contribution >= 4 is 17.5 Å². The predicted octanol–water partition coefficient (Wildman–Crippen LogP) is 2.67. The molecule has 2 N–H and O–H groups in total. The molecule has 0 saturated heterocycles. The van der Waals surface area contributed by atoms with E-state index in [4.69, 9.17) is 17.3 Å². The fraction of sp³-hybridized carbons (Fsp3) is 0.143. The molecule has 1 heterocycles. The maximum Gasteiger partial charge on any atom is 0.416 e. The van der Waals surface area contributed by atoms with Crippen LogP contribution in [0.5, 0.6) is 0 Å². The molecule has 1 amide bonds. The number of pyridine rings is 1. The van der Waals surface area contributed by atoms with Crippen molar-refractivity contribution in [2.24, 2.45) is 5.73 Å². The van der Waals surface area contributed by atoms with Crippen LogP contribution in [0.15, 0.2) is 41.3 Å². The van der Waals surface area contributed by atoms with Gasteiger partial charge in [-0.05, 0) is 23.8 Å². The van der Waals surface area contributed by atoms with Gasteiger partial charge in [0.2, 0.25) is 0 Å². The molecule has 2 aromatic rings. The first kappa shape index (κ1) is 16.1. The lowest BCUT2D eigenvalue weighted by molar-refractivity contribution is -0.137. The van der Waals surface area contributed by atoms with Gasteiger partial charge in [0, 0.05) is 6.20 Å². The van der Waals surface area contributed by atoms with Gasteiger partial charge < -0.3 is 10.3 Å². The predicted molar refractivity (Wildman–Crippen MR) is 74.8 cm³/mol. The smallest absolute Gasteiger partial charge is 0.365 e. The molecule has 8 heteroatoms. The maximum atomic E-state index is 12.5. The number of carbonyl (C=O) groups excluding carboxylic acids is 1. The SMILES string of the molecule is NC(=O)c1cc(Cl)cn(Cc2ccc(C(F)(F)F)cc2)c1=O. The van der Waals surface area contributed by atoms with Gasteiger partial charge in [-0.3, -0.25) is 9.59 Å². The molecule has 0 spiro atoms. The van der Waals surface area contributed by atoms with E-state index < -0.39 is 23.2 Å². The normalized spacial score (nSPS) is 11.5. The molecular formula is C14H10ClF3N2O2. The molecule has 0 aliphatic heterocycles. The number of hydrogen-bond donors (Lipinski definition) is 1. The number of nitrogens with zero attached hydrogens (tertiary/aromatic N) is 1. The van der Waals surface area contributed by atoms with E-state index in [1.807, 2.05) is 0 Å². The van der Waals surface area contributed by atoms with Gasteiger partial charge in [-0.15, -0.1) is 0 Å². The van der Waals surface area contributed by atoms with E-state index in [2.05, 4.69) is 0 Å². The zero-order valence-corrected chi connectivity index (χ0v) is 11.8. The third-order valence-corrected chi connectivity index (χ3v) is 3.16. The summed E-state index contributed by atoms with van der Waals surface area (Å²) in [6.45, 7) is -0.0299. The highest BCUT2D eigenvalue weighted by Gasteiger charge is 2.29. The van der Waals surface area contributed by atoms with Gasteiger partial charge >= 0.3 is 6.18 Å². The fourth-order valence-corrected chi connectivity index (χ4v) is 2.12. The molecule has 0 atom stereocenters. The Labute approximate surface area is 127 Å². The summed E-state index contributed by atoms with van der Waals surface area (Å²) in [5.41, 5.74) is 3.81. The highest BCUT2D eigenvalue weighted by atomic mass is 35.5. The third kappa shape index (κ3) is 3.48. The number of alkyl halides is 3. The molecule has 116 valence electrons. The Morgan fingerprint density at radius 2 is 1.82 bits per heavy atom. The van der Waals surface area contributed by atoms with Crippen LogP contribution in [0.25, 0.3) is 0 Å². The van der Waals surface area contributed by atoms with Crippen LogP contribution in [0.1, 0.15) is 21.5 Å². The van der Waals surface area contributed by atoms with Gasteiger partial charge in [0.25, 0.3) is 11.5 Å². The number of amides is 1. The lowest BCUT2D eigenvalue weighted by atomic mass is 10.1. The van der Waals surface area contributed by atoms with Gasteiger partial charge in [0.05, 0.1) is 17.1 Å². The fourth-order valence-electron chi connectivity index (χ4n) is 1.89. The summed E-state index contributed by atoms with van der Waals surface area (Å²) < 4.78 is 38.6. The van der Waals surface area contributed by atoms with Gasteiger partial charge in [-0.2, -0.15) is 13.2 Å². The number of primary amides is 1. The van der Waals surface area contributed by atoms with Crippen LogP contribution in [-0.4, -0.2) is 10.5 Å². The van der Waals surface area contributed by atoms with E-state index in [1.54, 1.807) is 0 Å². The Hall–Kier alpha value is -2.28. The van der Waals surface area contributed by atoms with E-state index in [0.717, 1.165) is 22.8 Å². The second kappa shape index (κ2) is 5.84. The first-order chi connectivity index (χ1) is 10.2. The first-order valence-corrected chi connectivity index (χ1v) is 6.42. The Kier molecular flexibility index (Phi) is 4.27. The molecule has 0 bridgehead atoms. The Morgan fingerprint density at radius 3 is 2.32 bits per heavy atom. The van der Waals surface area contributed by atoms with E-state index >= 15 is 0 Å². The topological polar surface area (TPSA) is 65.1 Å². The monoisotopic (exact) mass is 330 g/mol. The Morgan fingerprint density at radius 1 is 1.23 bits per heavy atom. The van der Waals surface area contributed by atoms with Crippen molar-refractivity contribution in [1.29, 1.82) is 0 Å². The van der Waals surface area contributed by atoms with Crippen molar-refractivity contribution in [2.45, 2.75) is 12.7 Å². The summed E-state index contributed by atoms with van der Waals surface area (Å²) in [5.74, 6) is -0.923. The maximum absolute atomic E-state index is 12.5. The largest absolute Gasteiger partial charge is 0.416 e. The van der Waals surface area contributed by atoms with Crippen molar-refractivity contribution in [3.63, 3.8) is 0 Å². The van der Waals surface area contributed by atoms with Gasteiger partial charge in [-0.1, -0.05) is 23.7 Å². The summed E-state index contributed by atoms with van der Waals surface area (Å²) in [4.78, 5) is 23.2. The van der Waals surface area contributed by atoms with E-state index in [9.17, 15) is 22.8 Å². The molecule has 0 unspecified atom stereocenters. The average Bonchev–Trinajstić information content (AvgIpc) is 2.41. The molecule has 4 nitrogen and oxygen atoms in total. The van der Waals surface area contributed by atoms with E-state index in [-0.39, 0.29) is 17.1 Å². The molecule has 1 aromatic carbocycles. The van der Waals surface area contributed by atoms with Crippen molar-refractivity contribution < 1.29 is 18.0 Å². The number of halogens is 4. The first-order valence-electron chi connectivity index (χ1n) is 6.04.